The molecule has 1 atom stereocenters. The maximum atomic E-state index is 13.9. The zero-order valence-electron chi connectivity index (χ0n) is 15.9. The lowest BCUT2D eigenvalue weighted by Crippen LogP contribution is -2.34. The highest BCUT2D eigenvalue weighted by atomic mass is 19.2. The van der Waals surface area contributed by atoms with Gasteiger partial charge in [-0.25, -0.2) is 8.78 Å². The van der Waals surface area contributed by atoms with Crippen LogP contribution in [0, 0.1) is 11.6 Å². The van der Waals surface area contributed by atoms with Gasteiger partial charge in [0.05, 0.1) is 11.4 Å². The number of para-hydroxylation sites is 1. The predicted molar refractivity (Wildman–Crippen MR) is 108 cm³/mol. The van der Waals surface area contributed by atoms with Crippen molar-refractivity contribution < 1.29 is 13.6 Å². The predicted octanol–water partition coefficient (Wildman–Crippen LogP) is 4.51. The van der Waals surface area contributed by atoms with Crippen molar-refractivity contribution in [3.63, 3.8) is 0 Å². The Hall–Kier alpha value is -3.48. The molecular formula is C22H19F2N3O2. The normalized spacial score (nSPS) is 12.4. The summed E-state index contributed by atoms with van der Waals surface area (Å²) in [5.74, 6) is -2.35. The molecule has 2 aromatic heterocycles. The van der Waals surface area contributed by atoms with E-state index in [1.165, 1.54) is 6.20 Å². The van der Waals surface area contributed by atoms with Gasteiger partial charge in [0.15, 0.2) is 11.6 Å². The van der Waals surface area contributed by atoms with E-state index in [0.29, 0.717) is 17.8 Å². The molecule has 2 heterocycles. The summed E-state index contributed by atoms with van der Waals surface area (Å²) < 4.78 is 27.5. The van der Waals surface area contributed by atoms with Gasteiger partial charge >= 0.3 is 0 Å². The summed E-state index contributed by atoms with van der Waals surface area (Å²) in [7, 11) is 0. The average molecular weight is 395 g/mol. The Morgan fingerprint density at radius 1 is 1.10 bits per heavy atom. The Morgan fingerprint density at radius 2 is 1.79 bits per heavy atom. The second-order valence-corrected chi connectivity index (χ2v) is 6.92. The van der Waals surface area contributed by atoms with Crippen molar-refractivity contribution in [3.8, 4) is 0 Å². The van der Waals surface area contributed by atoms with E-state index in [4.69, 9.17) is 0 Å². The molecule has 0 saturated heterocycles. The second-order valence-electron chi connectivity index (χ2n) is 6.92. The quantitative estimate of drug-likeness (QED) is 0.534. The molecule has 4 rings (SSSR count). The number of aromatic amines is 2. The molecule has 0 aliphatic rings. The monoisotopic (exact) mass is 395 g/mol. The third kappa shape index (κ3) is 3.18. The highest BCUT2D eigenvalue weighted by molar-refractivity contribution is 5.98. The zero-order chi connectivity index (χ0) is 20.7. The van der Waals surface area contributed by atoms with Crippen LogP contribution in [-0.2, 0) is 0 Å². The topological polar surface area (TPSA) is 69.0 Å². The number of nitrogens with one attached hydrogen (secondary N) is 2. The summed E-state index contributed by atoms with van der Waals surface area (Å²) in [6.45, 7) is 4.02. The lowest BCUT2D eigenvalue weighted by atomic mass is 10.0. The number of H-pyrrole nitrogens is 2. The molecule has 2 N–H and O–H groups in total. The fourth-order valence-corrected chi connectivity index (χ4v) is 3.72. The first-order valence-electron chi connectivity index (χ1n) is 9.29. The van der Waals surface area contributed by atoms with Crippen molar-refractivity contribution in [2.75, 3.05) is 6.54 Å². The molecule has 5 nitrogen and oxygen atoms in total. The van der Waals surface area contributed by atoms with Crippen LogP contribution in [0.25, 0.3) is 21.7 Å². The third-order valence-electron chi connectivity index (χ3n) is 5.25. The number of benzene rings is 2. The van der Waals surface area contributed by atoms with Crippen LogP contribution in [0.1, 0.15) is 35.9 Å². The summed E-state index contributed by atoms with van der Waals surface area (Å²) >= 11 is 0. The molecule has 0 fully saturated rings. The molecule has 148 valence electrons. The molecule has 0 aliphatic heterocycles. The lowest BCUT2D eigenvalue weighted by molar-refractivity contribution is 0.0698. The van der Waals surface area contributed by atoms with Crippen LogP contribution in [0.15, 0.2) is 53.5 Å². The second kappa shape index (κ2) is 7.16. The first-order chi connectivity index (χ1) is 13.9. The minimum Gasteiger partial charge on any atom is -0.351 e. The molecule has 0 bridgehead atoms. The van der Waals surface area contributed by atoms with Crippen LogP contribution >= 0.6 is 0 Å². The maximum absolute atomic E-state index is 13.9. The van der Waals surface area contributed by atoms with Gasteiger partial charge in [-0.2, -0.15) is 0 Å². The zero-order valence-corrected chi connectivity index (χ0v) is 15.9. The molecular weight excluding hydrogens is 376 g/mol. The highest BCUT2D eigenvalue weighted by Crippen LogP contribution is 2.29. The van der Waals surface area contributed by atoms with Gasteiger partial charge in [-0.3, -0.25) is 9.59 Å². The molecule has 0 radical (unpaired) electrons. The lowest BCUT2D eigenvalue weighted by Gasteiger charge is -2.28. The molecule has 0 saturated carbocycles. The average Bonchev–Trinajstić information content (AvgIpc) is 3.14. The van der Waals surface area contributed by atoms with Crippen LogP contribution in [0.4, 0.5) is 8.78 Å². The highest BCUT2D eigenvalue weighted by Gasteiger charge is 2.25. The number of rotatable bonds is 4. The Balaban J connectivity index is 1.78. The van der Waals surface area contributed by atoms with Crippen molar-refractivity contribution >= 4 is 27.6 Å². The number of halogens is 2. The molecule has 0 spiro atoms. The molecule has 4 aromatic rings. The number of nitrogens with zero attached hydrogens (tertiary/aromatic N) is 1. The van der Waals surface area contributed by atoms with Crippen molar-refractivity contribution in [3.05, 3.63) is 81.9 Å². The summed E-state index contributed by atoms with van der Waals surface area (Å²) in [5.41, 5.74) is 1.31. The van der Waals surface area contributed by atoms with E-state index in [2.05, 4.69) is 9.97 Å². The van der Waals surface area contributed by atoms with Gasteiger partial charge in [0.25, 0.3) is 11.5 Å². The van der Waals surface area contributed by atoms with Gasteiger partial charge in [-0.05, 0) is 49.1 Å². The van der Waals surface area contributed by atoms with E-state index >= 15 is 0 Å². The molecule has 29 heavy (non-hydrogen) atoms. The first kappa shape index (κ1) is 18.9. The van der Waals surface area contributed by atoms with Crippen LogP contribution in [0.2, 0.25) is 0 Å². The summed E-state index contributed by atoms with van der Waals surface area (Å²) in [5, 5.41) is 1.25. The van der Waals surface area contributed by atoms with E-state index in [0.717, 1.165) is 23.0 Å². The molecule has 2 aromatic carbocycles. The number of fused-ring (bicyclic) bond motifs is 2. The first-order valence-corrected chi connectivity index (χ1v) is 9.29. The maximum Gasteiger partial charge on any atom is 0.270 e. The molecule has 0 unspecified atom stereocenters. The standard InChI is InChI=1S/C22H19F2N3O2/c1-3-27(22(29)20-8-13-6-4-5-7-19(13)26-20)12(2)16-11-25-21(28)15-10-18(24)17(23)9-14(15)16/h4-12,26H,3H2,1-2H3,(H,25,28)/t12-/m0/s1. The smallest absolute Gasteiger partial charge is 0.270 e. The fraction of sp³-hybridized carbons (Fsp3) is 0.182. The Morgan fingerprint density at radius 3 is 2.48 bits per heavy atom. The van der Waals surface area contributed by atoms with Crippen molar-refractivity contribution in [2.45, 2.75) is 19.9 Å². The number of pyridine rings is 1. The molecule has 1 amide bonds. The van der Waals surface area contributed by atoms with Crippen molar-refractivity contribution in [1.82, 2.24) is 14.9 Å². The Labute approximate surface area is 165 Å². The van der Waals surface area contributed by atoms with E-state index in [1.54, 1.807) is 17.9 Å². The molecule has 7 heteroatoms. The van der Waals surface area contributed by atoms with E-state index in [-0.39, 0.29) is 16.7 Å². The number of hydrogen-bond donors (Lipinski definition) is 2. The third-order valence-corrected chi connectivity index (χ3v) is 5.25. The minimum absolute atomic E-state index is 0.0439. The fourth-order valence-electron chi connectivity index (χ4n) is 3.72. The van der Waals surface area contributed by atoms with Crippen LogP contribution in [0.5, 0.6) is 0 Å². The van der Waals surface area contributed by atoms with Gasteiger partial charge < -0.3 is 14.9 Å². The summed E-state index contributed by atoms with van der Waals surface area (Å²) in [6.07, 6.45) is 1.45. The SMILES string of the molecule is CCN(C(=O)c1cc2ccccc2[nH]1)[C@@H](C)c1c[nH]c(=O)c2cc(F)c(F)cc12. The van der Waals surface area contributed by atoms with Crippen LogP contribution in [0.3, 0.4) is 0 Å². The largest absolute Gasteiger partial charge is 0.351 e. The number of carbonyl (C=O) groups is 1. The van der Waals surface area contributed by atoms with Crippen LogP contribution in [-0.4, -0.2) is 27.3 Å². The number of hydrogen-bond acceptors (Lipinski definition) is 2. The number of amides is 1. The molecule has 0 aliphatic carbocycles. The van der Waals surface area contributed by atoms with E-state index < -0.39 is 23.2 Å². The van der Waals surface area contributed by atoms with E-state index in [9.17, 15) is 18.4 Å². The Kier molecular flexibility index (Phi) is 4.66. The van der Waals surface area contributed by atoms with Crippen molar-refractivity contribution in [2.24, 2.45) is 0 Å². The van der Waals surface area contributed by atoms with Gasteiger partial charge in [0.1, 0.15) is 5.69 Å². The minimum atomic E-state index is -1.09. The number of aromatic nitrogens is 2. The van der Waals surface area contributed by atoms with Gasteiger partial charge in [-0.15, -0.1) is 0 Å². The Bertz CT molecular complexity index is 1260. The van der Waals surface area contributed by atoms with Crippen LogP contribution < -0.4 is 5.56 Å². The van der Waals surface area contributed by atoms with Gasteiger partial charge in [0.2, 0.25) is 0 Å². The number of carbonyl (C=O) groups excluding carboxylic acids is 1. The van der Waals surface area contributed by atoms with E-state index in [1.807, 2.05) is 31.2 Å². The summed E-state index contributed by atoms with van der Waals surface area (Å²) in [6, 6.07) is 10.8. The van der Waals surface area contributed by atoms with Gasteiger partial charge in [0, 0.05) is 23.6 Å². The van der Waals surface area contributed by atoms with Crippen molar-refractivity contribution in [1.29, 1.82) is 0 Å². The summed E-state index contributed by atoms with van der Waals surface area (Å²) in [4.78, 5) is 32.5. The van der Waals surface area contributed by atoms with Gasteiger partial charge in [-0.1, -0.05) is 18.2 Å².